The summed E-state index contributed by atoms with van der Waals surface area (Å²) in [5.74, 6) is 0. The van der Waals surface area contributed by atoms with Gasteiger partial charge in [0.15, 0.2) is 0 Å². The SMILES string of the molecule is CNC1CC2CCC(C1)N2CCCn1ccnc1. The van der Waals surface area contributed by atoms with Crippen molar-refractivity contribution < 1.29 is 0 Å². The van der Waals surface area contributed by atoms with Gasteiger partial charge in [-0.1, -0.05) is 0 Å². The van der Waals surface area contributed by atoms with Crippen LogP contribution in [-0.4, -0.2) is 46.2 Å². The summed E-state index contributed by atoms with van der Waals surface area (Å²) in [4.78, 5) is 6.86. The van der Waals surface area contributed by atoms with E-state index in [9.17, 15) is 0 Å². The normalized spacial score (nSPS) is 31.9. The van der Waals surface area contributed by atoms with Gasteiger partial charge in [0.2, 0.25) is 0 Å². The Morgan fingerprint density at radius 2 is 2.00 bits per heavy atom. The third-order valence-electron chi connectivity index (χ3n) is 4.68. The Hall–Kier alpha value is -0.870. The number of nitrogens with zero attached hydrogens (tertiary/aromatic N) is 3. The number of hydrogen-bond acceptors (Lipinski definition) is 3. The van der Waals surface area contributed by atoms with E-state index in [0.717, 1.165) is 24.7 Å². The molecular weight excluding hydrogens is 224 g/mol. The number of piperidine rings is 1. The Morgan fingerprint density at radius 1 is 1.22 bits per heavy atom. The van der Waals surface area contributed by atoms with Crippen LogP contribution in [0.3, 0.4) is 0 Å². The third kappa shape index (κ3) is 2.45. The van der Waals surface area contributed by atoms with E-state index in [1.54, 1.807) is 0 Å². The Morgan fingerprint density at radius 3 is 2.61 bits per heavy atom. The largest absolute Gasteiger partial charge is 0.337 e. The average molecular weight is 248 g/mol. The maximum Gasteiger partial charge on any atom is 0.0945 e. The predicted octanol–water partition coefficient (Wildman–Crippen LogP) is 1.49. The summed E-state index contributed by atoms with van der Waals surface area (Å²) in [6, 6.07) is 2.43. The quantitative estimate of drug-likeness (QED) is 0.857. The van der Waals surface area contributed by atoms with E-state index >= 15 is 0 Å². The molecule has 18 heavy (non-hydrogen) atoms. The highest BCUT2D eigenvalue weighted by molar-refractivity contribution is 4.97. The van der Waals surface area contributed by atoms with Gasteiger partial charge in [-0.25, -0.2) is 4.98 Å². The maximum absolute atomic E-state index is 4.09. The maximum atomic E-state index is 4.09. The zero-order chi connectivity index (χ0) is 12.4. The molecule has 2 bridgehead atoms. The average Bonchev–Trinajstić information content (AvgIpc) is 2.97. The molecule has 2 unspecified atom stereocenters. The Labute approximate surface area is 109 Å². The van der Waals surface area contributed by atoms with E-state index in [1.165, 1.54) is 38.6 Å². The molecule has 1 aromatic heterocycles. The Bertz CT molecular complexity index is 348. The molecule has 0 amide bonds. The van der Waals surface area contributed by atoms with Crippen LogP contribution in [0.15, 0.2) is 18.7 Å². The molecule has 2 aliphatic rings. The Kier molecular flexibility index (Phi) is 3.66. The van der Waals surface area contributed by atoms with Gasteiger partial charge < -0.3 is 9.88 Å². The summed E-state index contributed by atoms with van der Waals surface area (Å²) >= 11 is 0. The fourth-order valence-electron chi connectivity index (χ4n) is 3.73. The zero-order valence-corrected chi connectivity index (χ0v) is 11.3. The second-order valence-corrected chi connectivity index (χ2v) is 5.73. The predicted molar refractivity (Wildman–Crippen MR) is 72.4 cm³/mol. The molecule has 0 saturated carbocycles. The van der Waals surface area contributed by atoms with Crippen LogP contribution in [0.1, 0.15) is 32.1 Å². The molecule has 4 nitrogen and oxygen atoms in total. The van der Waals surface area contributed by atoms with Crippen molar-refractivity contribution >= 4 is 0 Å². The first kappa shape index (κ1) is 12.2. The summed E-state index contributed by atoms with van der Waals surface area (Å²) in [6.45, 7) is 2.36. The van der Waals surface area contributed by atoms with Crippen LogP contribution in [0.25, 0.3) is 0 Å². The number of rotatable bonds is 5. The molecule has 0 spiro atoms. The molecule has 2 fully saturated rings. The van der Waals surface area contributed by atoms with E-state index in [4.69, 9.17) is 0 Å². The topological polar surface area (TPSA) is 33.1 Å². The lowest BCUT2D eigenvalue weighted by Gasteiger charge is -2.39. The highest BCUT2D eigenvalue weighted by Crippen LogP contribution is 2.35. The number of imidazole rings is 1. The van der Waals surface area contributed by atoms with Crippen molar-refractivity contribution in [3.05, 3.63) is 18.7 Å². The molecule has 100 valence electrons. The van der Waals surface area contributed by atoms with Crippen molar-refractivity contribution in [3.8, 4) is 0 Å². The molecule has 4 heteroatoms. The molecule has 1 N–H and O–H groups in total. The molecule has 3 rings (SSSR count). The lowest BCUT2D eigenvalue weighted by molar-refractivity contribution is 0.116. The van der Waals surface area contributed by atoms with Gasteiger partial charge in [0, 0.05) is 43.6 Å². The minimum atomic E-state index is 0.757. The first-order valence-corrected chi connectivity index (χ1v) is 7.25. The van der Waals surface area contributed by atoms with Crippen LogP contribution in [0.4, 0.5) is 0 Å². The van der Waals surface area contributed by atoms with Gasteiger partial charge in [-0.3, -0.25) is 4.90 Å². The minimum absolute atomic E-state index is 0.757. The van der Waals surface area contributed by atoms with Crippen LogP contribution >= 0.6 is 0 Å². The highest BCUT2D eigenvalue weighted by atomic mass is 15.2. The van der Waals surface area contributed by atoms with Gasteiger partial charge in [-0.2, -0.15) is 0 Å². The smallest absolute Gasteiger partial charge is 0.0945 e. The van der Waals surface area contributed by atoms with Crippen LogP contribution in [0.2, 0.25) is 0 Å². The summed E-state index contributed by atoms with van der Waals surface area (Å²) in [7, 11) is 2.11. The minimum Gasteiger partial charge on any atom is -0.337 e. The highest BCUT2D eigenvalue weighted by Gasteiger charge is 2.39. The van der Waals surface area contributed by atoms with Crippen molar-refractivity contribution in [3.63, 3.8) is 0 Å². The van der Waals surface area contributed by atoms with E-state index in [-0.39, 0.29) is 0 Å². The number of hydrogen-bond donors (Lipinski definition) is 1. The first-order chi connectivity index (χ1) is 8.86. The summed E-state index contributed by atoms with van der Waals surface area (Å²) in [5, 5.41) is 3.46. The Balaban J connectivity index is 1.49. The summed E-state index contributed by atoms with van der Waals surface area (Å²) in [6.07, 6.45) is 12.6. The van der Waals surface area contributed by atoms with Crippen molar-refractivity contribution in [2.75, 3.05) is 13.6 Å². The number of fused-ring (bicyclic) bond motifs is 2. The van der Waals surface area contributed by atoms with Gasteiger partial charge in [0.25, 0.3) is 0 Å². The van der Waals surface area contributed by atoms with Gasteiger partial charge >= 0.3 is 0 Å². The second kappa shape index (κ2) is 5.41. The van der Waals surface area contributed by atoms with Crippen molar-refractivity contribution in [1.82, 2.24) is 19.8 Å². The van der Waals surface area contributed by atoms with Gasteiger partial charge in [-0.15, -0.1) is 0 Å². The van der Waals surface area contributed by atoms with Gasteiger partial charge in [-0.05, 0) is 39.2 Å². The molecule has 1 aromatic rings. The van der Waals surface area contributed by atoms with Crippen LogP contribution in [0.5, 0.6) is 0 Å². The van der Waals surface area contributed by atoms with E-state index < -0.39 is 0 Å². The lowest BCUT2D eigenvalue weighted by atomic mass is 9.97. The number of aromatic nitrogens is 2. The summed E-state index contributed by atoms with van der Waals surface area (Å²) < 4.78 is 2.18. The van der Waals surface area contributed by atoms with Crippen LogP contribution in [0, 0.1) is 0 Å². The monoisotopic (exact) mass is 248 g/mol. The standard InChI is InChI=1S/C14H24N4/c1-15-12-9-13-3-4-14(10-12)18(13)7-2-6-17-8-5-16-11-17/h5,8,11-15H,2-4,6-7,9-10H2,1H3. The lowest BCUT2D eigenvalue weighted by Crippen LogP contribution is -2.48. The molecular formula is C14H24N4. The molecule has 2 saturated heterocycles. The molecule has 0 aliphatic carbocycles. The molecule has 2 aliphatic heterocycles. The van der Waals surface area contributed by atoms with Crippen LogP contribution in [-0.2, 0) is 6.54 Å². The van der Waals surface area contributed by atoms with Crippen LogP contribution < -0.4 is 5.32 Å². The number of nitrogens with one attached hydrogen (secondary N) is 1. The van der Waals surface area contributed by atoms with E-state index in [0.29, 0.717) is 0 Å². The molecule has 3 heterocycles. The second-order valence-electron chi connectivity index (χ2n) is 5.73. The molecule has 0 radical (unpaired) electrons. The number of aryl methyl sites for hydroxylation is 1. The van der Waals surface area contributed by atoms with Crippen molar-refractivity contribution in [1.29, 1.82) is 0 Å². The van der Waals surface area contributed by atoms with E-state index in [2.05, 4.69) is 33.0 Å². The molecule has 2 atom stereocenters. The first-order valence-electron chi connectivity index (χ1n) is 7.25. The van der Waals surface area contributed by atoms with Gasteiger partial charge in [0.1, 0.15) is 0 Å². The molecule has 0 aromatic carbocycles. The summed E-state index contributed by atoms with van der Waals surface area (Å²) in [5.41, 5.74) is 0. The van der Waals surface area contributed by atoms with Crippen molar-refractivity contribution in [2.45, 2.75) is 56.8 Å². The van der Waals surface area contributed by atoms with Crippen molar-refractivity contribution in [2.24, 2.45) is 0 Å². The third-order valence-corrected chi connectivity index (χ3v) is 4.68. The zero-order valence-electron chi connectivity index (χ0n) is 11.3. The fourth-order valence-corrected chi connectivity index (χ4v) is 3.73. The van der Waals surface area contributed by atoms with E-state index in [1.807, 2.05) is 12.5 Å². The fraction of sp³-hybridized carbons (Fsp3) is 0.786. The van der Waals surface area contributed by atoms with Gasteiger partial charge in [0.05, 0.1) is 6.33 Å².